The van der Waals surface area contributed by atoms with Gasteiger partial charge in [-0.1, -0.05) is 13.2 Å². The van der Waals surface area contributed by atoms with E-state index in [1.165, 1.54) is 29.9 Å². The molecule has 3 atom stereocenters. The van der Waals surface area contributed by atoms with Crippen LogP contribution in [0.5, 0.6) is 0 Å². The molecule has 2 fully saturated rings. The summed E-state index contributed by atoms with van der Waals surface area (Å²) in [6.07, 6.45) is 8.43. The second kappa shape index (κ2) is 10.7. The number of ether oxygens (including phenoxy) is 1. The molecule has 0 unspecified atom stereocenters. The molecule has 0 amide bonds. The van der Waals surface area contributed by atoms with Crippen molar-refractivity contribution in [2.75, 3.05) is 11.5 Å². The van der Waals surface area contributed by atoms with Gasteiger partial charge < -0.3 is 9.84 Å². The summed E-state index contributed by atoms with van der Waals surface area (Å²) in [5.74, 6) is 2.64. The zero-order valence-corrected chi connectivity index (χ0v) is 17.6. The van der Waals surface area contributed by atoms with Crippen molar-refractivity contribution in [2.24, 2.45) is 0 Å². The van der Waals surface area contributed by atoms with E-state index in [2.05, 4.69) is 59.3 Å². The molecule has 5 heteroatoms. The summed E-state index contributed by atoms with van der Waals surface area (Å²) in [5.41, 5.74) is 1.23. The maximum Gasteiger partial charge on any atom is 0.0788 e. The van der Waals surface area contributed by atoms with Gasteiger partial charge in [0.05, 0.1) is 22.9 Å². The second-order valence-electron chi connectivity index (χ2n) is 6.50. The number of hydrogen-bond donors (Lipinski definition) is 1. The van der Waals surface area contributed by atoms with Gasteiger partial charge in [0.15, 0.2) is 0 Å². The van der Waals surface area contributed by atoms with Crippen molar-refractivity contribution < 1.29 is 9.84 Å². The highest BCUT2D eigenvalue weighted by Gasteiger charge is 2.29. The predicted octanol–water partition coefficient (Wildman–Crippen LogP) is 5.55. The normalized spacial score (nSPS) is 27.3. The largest absolute Gasteiger partial charge is 0.393 e. The van der Waals surface area contributed by atoms with Gasteiger partial charge in [-0.2, -0.15) is 0 Å². The molecule has 0 aromatic rings. The number of aliphatic hydroxyl groups excluding tert-OH is 1. The fourth-order valence-corrected chi connectivity index (χ4v) is 6.29. The van der Waals surface area contributed by atoms with Crippen molar-refractivity contribution in [1.29, 1.82) is 0 Å². The zero-order chi connectivity index (χ0) is 16.7. The highest BCUT2D eigenvalue weighted by atomic mass is 127. The molecule has 2 aliphatic rings. The Bertz CT molecular complexity index is 396. The van der Waals surface area contributed by atoms with E-state index in [4.69, 9.17) is 4.74 Å². The molecule has 1 N–H and O–H groups in total. The molecule has 0 spiro atoms. The third-order valence-corrected chi connectivity index (χ3v) is 8.05. The van der Waals surface area contributed by atoms with Crippen molar-refractivity contribution >= 4 is 46.1 Å². The van der Waals surface area contributed by atoms with E-state index in [1.807, 2.05) is 0 Å². The van der Waals surface area contributed by atoms with Crippen LogP contribution in [0.2, 0.25) is 0 Å². The number of halogens is 1. The van der Waals surface area contributed by atoms with Crippen LogP contribution in [0.1, 0.15) is 51.4 Å². The van der Waals surface area contributed by atoms with E-state index in [-0.39, 0.29) is 12.2 Å². The molecule has 0 aromatic carbocycles. The highest BCUT2D eigenvalue weighted by molar-refractivity contribution is 14.1. The van der Waals surface area contributed by atoms with E-state index in [0.29, 0.717) is 6.10 Å². The molecule has 2 rings (SSSR count). The molecular weight excluding hydrogens is 439 g/mol. The fraction of sp³-hybridized carbons (Fsp3) is 0.778. The third-order valence-electron chi connectivity index (χ3n) is 4.43. The zero-order valence-electron chi connectivity index (χ0n) is 13.8. The lowest BCUT2D eigenvalue weighted by Crippen LogP contribution is -2.16. The molecule has 132 valence electrons. The third kappa shape index (κ3) is 7.72. The summed E-state index contributed by atoms with van der Waals surface area (Å²) in [5, 5.41) is 10.0. The molecule has 2 aliphatic heterocycles. The molecule has 0 radical (unpaired) electrons. The lowest BCUT2D eigenvalue weighted by Gasteiger charge is -2.22. The van der Waals surface area contributed by atoms with Gasteiger partial charge >= 0.3 is 0 Å². The van der Waals surface area contributed by atoms with Crippen LogP contribution >= 0.6 is 46.1 Å². The standard InChI is InChI=1S/C18H29IO2S2/c1-13-12-16(7-9-18-22-10-3-11-23-18)21-17(13)8-6-15(20)5-4-14(2)19/h15-18,20H,1-12H2/t15-,16-,17-/m0/s1. The molecule has 2 nitrogen and oxygen atoms in total. The van der Waals surface area contributed by atoms with Gasteiger partial charge in [0.1, 0.15) is 0 Å². The average Bonchev–Trinajstić information content (AvgIpc) is 2.90. The SMILES string of the molecule is C=C(I)CC[C@H](O)CC[C@@H]1O[C@@H](CCC2SCCCS2)CC1=C. The number of aliphatic hydroxyl groups is 1. The molecule has 0 aromatic heterocycles. The van der Waals surface area contributed by atoms with Crippen LogP contribution in [0.4, 0.5) is 0 Å². The second-order valence-corrected chi connectivity index (χ2v) is 10.9. The van der Waals surface area contributed by atoms with Gasteiger partial charge in [0.2, 0.25) is 0 Å². The predicted molar refractivity (Wildman–Crippen MR) is 113 cm³/mol. The lowest BCUT2D eigenvalue weighted by atomic mass is 10.0. The number of hydrogen-bond acceptors (Lipinski definition) is 4. The number of rotatable bonds is 9. The van der Waals surface area contributed by atoms with Crippen LogP contribution in [-0.2, 0) is 4.74 Å². The number of allylic oxidation sites excluding steroid dienone is 1. The first-order valence-electron chi connectivity index (χ1n) is 8.62. The van der Waals surface area contributed by atoms with E-state index in [9.17, 15) is 5.11 Å². The van der Waals surface area contributed by atoms with Gasteiger partial charge in [-0.25, -0.2) is 0 Å². The Hall–Kier alpha value is 0.830. The Morgan fingerprint density at radius 3 is 2.70 bits per heavy atom. The Morgan fingerprint density at radius 2 is 2.00 bits per heavy atom. The molecule has 2 saturated heterocycles. The topological polar surface area (TPSA) is 29.5 Å². The highest BCUT2D eigenvalue weighted by Crippen LogP contribution is 2.37. The minimum Gasteiger partial charge on any atom is -0.393 e. The van der Waals surface area contributed by atoms with Crippen LogP contribution in [0.3, 0.4) is 0 Å². The summed E-state index contributed by atoms with van der Waals surface area (Å²) in [7, 11) is 0. The van der Waals surface area contributed by atoms with Gasteiger partial charge in [0.25, 0.3) is 0 Å². The smallest absolute Gasteiger partial charge is 0.0788 e. The van der Waals surface area contributed by atoms with Gasteiger partial charge in [-0.3, -0.25) is 0 Å². The first-order chi connectivity index (χ1) is 11.0. The van der Waals surface area contributed by atoms with Crippen molar-refractivity contribution in [3.63, 3.8) is 0 Å². The maximum absolute atomic E-state index is 10.0. The Morgan fingerprint density at radius 1 is 1.26 bits per heavy atom. The van der Waals surface area contributed by atoms with Gasteiger partial charge in [0, 0.05) is 0 Å². The Kier molecular flexibility index (Phi) is 9.41. The monoisotopic (exact) mass is 468 g/mol. The average molecular weight is 468 g/mol. The minimum atomic E-state index is -0.244. The van der Waals surface area contributed by atoms with E-state index in [1.54, 1.807) is 0 Å². The maximum atomic E-state index is 10.0. The van der Waals surface area contributed by atoms with Gasteiger partial charge in [-0.05, 0) is 94.6 Å². The lowest BCUT2D eigenvalue weighted by molar-refractivity contribution is 0.0329. The van der Waals surface area contributed by atoms with Crippen LogP contribution in [0.15, 0.2) is 22.3 Å². The molecular formula is C18H29IO2S2. The van der Waals surface area contributed by atoms with E-state index < -0.39 is 0 Å². The van der Waals surface area contributed by atoms with Crippen molar-refractivity contribution in [2.45, 2.75) is 74.3 Å². The summed E-state index contributed by atoms with van der Waals surface area (Å²) in [6, 6.07) is 0. The van der Waals surface area contributed by atoms with E-state index >= 15 is 0 Å². The summed E-state index contributed by atoms with van der Waals surface area (Å²) >= 11 is 6.46. The molecule has 23 heavy (non-hydrogen) atoms. The molecule has 0 aliphatic carbocycles. The van der Waals surface area contributed by atoms with E-state index in [0.717, 1.165) is 46.7 Å². The summed E-state index contributed by atoms with van der Waals surface area (Å²) < 4.78 is 8.07. The Balaban J connectivity index is 1.63. The summed E-state index contributed by atoms with van der Waals surface area (Å²) in [4.78, 5) is 0. The van der Waals surface area contributed by atoms with Crippen LogP contribution in [0, 0.1) is 0 Å². The first kappa shape index (κ1) is 20.1. The number of thioether (sulfide) groups is 2. The van der Waals surface area contributed by atoms with Crippen molar-refractivity contribution in [1.82, 2.24) is 0 Å². The van der Waals surface area contributed by atoms with Gasteiger partial charge in [-0.15, -0.1) is 23.5 Å². The Labute approximate surface area is 163 Å². The van der Waals surface area contributed by atoms with Crippen molar-refractivity contribution in [3.8, 4) is 0 Å². The quantitative estimate of drug-likeness (QED) is 0.355. The summed E-state index contributed by atoms with van der Waals surface area (Å²) in [6.45, 7) is 8.08. The van der Waals surface area contributed by atoms with Crippen LogP contribution in [0.25, 0.3) is 0 Å². The molecule has 0 saturated carbocycles. The molecule has 2 heterocycles. The van der Waals surface area contributed by atoms with Crippen LogP contribution < -0.4 is 0 Å². The minimum absolute atomic E-state index is 0.157. The molecule has 0 bridgehead atoms. The first-order valence-corrected chi connectivity index (χ1v) is 11.8. The van der Waals surface area contributed by atoms with Crippen molar-refractivity contribution in [3.05, 3.63) is 22.3 Å². The fourth-order valence-electron chi connectivity index (χ4n) is 3.08. The van der Waals surface area contributed by atoms with Crippen LogP contribution in [-0.4, -0.2) is 39.5 Å².